The molecule has 1 saturated carbocycles. The van der Waals surface area contributed by atoms with Crippen molar-refractivity contribution < 1.29 is 14.6 Å². The molecular weight excluding hydrogens is 350 g/mol. The van der Waals surface area contributed by atoms with Crippen molar-refractivity contribution in [3.8, 4) is 11.5 Å². The minimum Gasteiger partial charge on any atom is -0.493 e. The van der Waals surface area contributed by atoms with Gasteiger partial charge in [0.1, 0.15) is 0 Å². The first kappa shape index (κ1) is 17.4. The molecule has 2 aromatic rings. The van der Waals surface area contributed by atoms with Crippen LogP contribution in [0.1, 0.15) is 41.9 Å². The molecule has 0 radical (unpaired) electrons. The highest BCUT2D eigenvalue weighted by Crippen LogP contribution is 2.45. The molecule has 3 unspecified atom stereocenters. The Morgan fingerprint density at radius 2 is 1.77 bits per heavy atom. The van der Waals surface area contributed by atoms with Gasteiger partial charge in [-0.3, -0.25) is 4.99 Å². The Labute approximate surface area is 158 Å². The van der Waals surface area contributed by atoms with Gasteiger partial charge in [-0.15, -0.1) is 0 Å². The summed E-state index contributed by atoms with van der Waals surface area (Å²) in [5.74, 6) is 1.55. The molecule has 0 bridgehead atoms. The molecule has 1 heterocycles. The lowest BCUT2D eigenvalue weighted by molar-refractivity contribution is 0.111. The van der Waals surface area contributed by atoms with Gasteiger partial charge in [0.2, 0.25) is 0 Å². The molecule has 0 saturated heterocycles. The van der Waals surface area contributed by atoms with Gasteiger partial charge in [0.15, 0.2) is 11.5 Å². The van der Waals surface area contributed by atoms with E-state index in [1.807, 2.05) is 36.4 Å². The Bertz CT molecular complexity index is 864. The normalized spacial score (nSPS) is 24.3. The van der Waals surface area contributed by atoms with Crippen molar-refractivity contribution in [1.29, 1.82) is 0 Å². The topological polar surface area (TPSA) is 51.0 Å². The smallest absolute Gasteiger partial charge is 0.161 e. The van der Waals surface area contributed by atoms with Gasteiger partial charge in [0, 0.05) is 22.1 Å². The van der Waals surface area contributed by atoms with E-state index in [9.17, 15) is 5.11 Å². The van der Waals surface area contributed by atoms with Crippen molar-refractivity contribution in [3.05, 3.63) is 58.1 Å². The molecule has 2 aromatic carbocycles. The van der Waals surface area contributed by atoms with Crippen molar-refractivity contribution in [3.63, 3.8) is 0 Å². The third-order valence-corrected chi connectivity index (χ3v) is 5.75. The van der Waals surface area contributed by atoms with Crippen molar-refractivity contribution in [2.45, 2.75) is 37.3 Å². The number of methoxy groups -OCH3 is 2. The number of benzene rings is 2. The largest absolute Gasteiger partial charge is 0.493 e. The standard InChI is InChI=1S/C21H22ClNO3/c1-25-19-10-14-15-9-12(24)7-8-18(15)23-21(16(14)11-20(19)26-2)13-5-3-4-6-17(13)22/h3-6,10-12,15,18,24H,7-9H2,1-2H3. The van der Waals surface area contributed by atoms with E-state index >= 15 is 0 Å². The number of aliphatic imine (C=N–C) groups is 1. The van der Waals surface area contributed by atoms with Gasteiger partial charge in [-0.25, -0.2) is 0 Å². The maximum absolute atomic E-state index is 10.2. The lowest BCUT2D eigenvalue weighted by atomic mass is 9.74. The zero-order chi connectivity index (χ0) is 18.3. The number of ether oxygens (including phenoxy) is 2. The molecule has 0 spiro atoms. The van der Waals surface area contributed by atoms with E-state index in [2.05, 4.69) is 0 Å². The molecule has 26 heavy (non-hydrogen) atoms. The Balaban J connectivity index is 1.93. The molecule has 1 aliphatic heterocycles. The fourth-order valence-electron chi connectivity index (χ4n) is 4.13. The minimum atomic E-state index is -0.283. The number of aliphatic hydroxyl groups excluding tert-OH is 1. The summed E-state index contributed by atoms with van der Waals surface area (Å²) in [4.78, 5) is 5.07. The zero-order valence-electron chi connectivity index (χ0n) is 14.9. The Kier molecular flexibility index (Phi) is 4.63. The second-order valence-electron chi connectivity index (χ2n) is 6.89. The summed E-state index contributed by atoms with van der Waals surface area (Å²) in [5, 5.41) is 10.9. The minimum absolute atomic E-state index is 0.148. The number of nitrogens with zero attached hydrogens (tertiary/aromatic N) is 1. The highest BCUT2D eigenvalue weighted by Gasteiger charge is 2.37. The predicted molar refractivity (Wildman–Crippen MR) is 103 cm³/mol. The van der Waals surface area contributed by atoms with Gasteiger partial charge < -0.3 is 14.6 Å². The SMILES string of the molecule is COc1cc2c(cc1OC)C1CC(O)CCC1N=C2c1ccccc1Cl. The predicted octanol–water partition coefficient (Wildman–Crippen LogP) is 4.21. The molecule has 5 heteroatoms. The first-order chi connectivity index (χ1) is 12.6. The number of halogens is 1. The van der Waals surface area contributed by atoms with E-state index in [0.29, 0.717) is 22.9 Å². The molecule has 4 rings (SSSR count). The highest BCUT2D eigenvalue weighted by molar-refractivity contribution is 6.35. The summed E-state index contributed by atoms with van der Waals surface area (Å²) in [6.45, 7) is 0. The monoisotopic (exact) mass is 371 g/mol. The third kappa shape index (κ3) is 2.87. The second-order valence-corrected chi connectivity index (χ2v) is 7.30. The molecule has 0 amide bonds. The molecule has 1 fully saturated rings. The van der Waals surface area contributed by atoms with E-state index in [0.717, 1.165) is 35.2 Å². The average molecular weight is 372 g/mol. The fourth-order valence-corrected chi connectivity index (χ4v) is 4.36. The van der Waals surface area contributed by atoms with Gasteiger partial charge in [0.25, 0.3) is 0 Å². The molecule has 3 atom stereocenters. The number of hydrogen-bond donors (Lipinski definition) is 1. The van der Waals surface area contributed by atoms with Gasteiger partial charge in [0.05, 0.1) is 32.1 Å². The van der Waals surface area contributed by atoms with Crippen molar-refractivity contribution in [2.75, 3.05) is 14.2 Å². The lowest BCUT2D eigenvalue weighted by Crippen LogP contribution is -2.34. The van der Waals surface area contributed by atoms with Crippen molar-refractivity contribution in [2.24, 2.45) is 4.99 Å². The highest BCUT2D eigenvalue weighted by atomic mass is 35.5. The maximum Gasteiger partial charge on any atom is 0.161 e. The number of hydrogen-bond acceptors (Lipinski definition) is 4. The van der Waals surface area contributed by atoms with E-state index in [-0.39, 0.29) is 18.1 Å². The Hall–Kier alpha value is -2.04. The Morgan fingerprint density at radius 1 is 1.04 bits per heavy atom. The number of rotatable bonds is 3. The third-order valence-electron chi connectivity index (χ3n) is 5.42. The zero-order valence-corrected chi connectivity index (χ0v) is 15.7. The van der Waals surface area contributed by atoms with Crippen LogP contribution in [0, 0.1) is 0 Å². The van der Waals surface area contributed by atoms with Crippen LogP contribution in [0.4, 0.5) is 0 Å². The first-order valence-electron chi connectivity index (χ1n) is 8.89. The molecule has 4 nitrogen and oxygen atoms in total. The average Bonchev–Trinajstić information content (AvgIpc) is 2.67. The van der Waals surface area contributed by atoms with Crippen LogP contribution in [-0.4, -0.2) is 37.2 Å². The van der Waals surface area contributed by atoms with Crippen molar-refractivity contribution in [1.82, 2.24) is 0 Å². The number of fused-ring (bicyclic) bond motifs is 3. The summed E-state index contributed by atoms with van der Waals surface area (Å²) in [7, 11) is 3.27. The fraction of sp³-hybridized carbons (Fsp3) is 0.381. The molecule has 136 valence electrons. The quantitative estimate of drug-likeness (QED) is 0.879. The molecule has 0 aromatic heterocycles. The first-order valence-corrected chi connectivity index (χ1v) is 9.27. The van der Waals surface area contributed by atoms with E-state index < -0.39 is 0 Å². The van der Waals surface area contributed by atoms with Gasteiger partial charge >= 0.3 is 0 Å². The van der Waals surface area contributed by atoms with E-state index in [1.54, 1.807) is 14.2 Å². The molecular formula is C21H22ClNO3. The van der Waals surface area contributed by atoms with Crippen molar-refractivity contribution >= 4 is 17.3 Å². The van der Waals surface area contributed by atoms with E-state index in [4.69, 9.17) is 26.1 Å². The summed E-state index contributed by atoms with van der Waals surface area (Å²) in [6.07, 6.45) is 2.08. The van der Waals surface area contributed by atoms with Crippen LogP contribution in [0.15, 0.2) is 41.4 Å². The van der Waals surface area contributed by atoms with Crippen LogP contribution in [0.2, 0.25) is 5.02 Å². The van der Waals surface area contributed by atoms with Crippen LogP contribution in [-0.2, 0) is 0 Å². The second kappa shape index (κ2) is 6.93. The lowest BCUT2D eigenvalue weighted by Gasteiger charge is -2.37. The van der Waals surface area contributed by atoms with Gasteiger partial charge in [-0.05, 0) is 43.0 Å². The molecule has 2 aliphatic rings. The Morgan fingerprint density at radius 3 is 2.50 bits per heavy atom. The van der Waals surface area contributed by atoms with Crippen LogP contribution < -0.4 is 9.47 Å². The van der Waals surface area contributed by atoms with Gasteiger partial charge in [-0.1, -0.05) is 29.8 Å². The van der Waals surface area contributed by atoms with Crippen LogP contribution in [0.5, 0.6) is 11.5 Å². The van der Waals surface area contributed by atoms with Crippen LogP contribution >= 0.6 is 11.6 Å². The van der Waals surface area contributed by atoms with E-state index in [1.165, 1.54) is 0 Å². The van der Waals surface area contributed by atoms with Crippen LogP contribution in [0.3, 0.4) is 0 Å². The summed E-state index contributed by atoms with van der Waals surface area (Å²) < 4.78 is 11.0. The maximum atomic E-state index is 10.2. The summed E-state index contributed by atoms with van der Waals surface area (Å²) >= 11 is 6.48. The van der Waals surface area contributed by atoms with Gasteiger partial charge in [-0.2, -0.15) is 0 Å². The molecule has 1 N–H and O–H groups in total. The van der Waals surface area contributed by atoms with Crippen LogP contribution in [0.25, 0.3) is 0 Å². The number of aliphatic hydroxyl groups is 1. The summed E-state index contributed by atoms with van der Waals surface area (Å²) in [6, 6.07) is 11.9. The molecule has 1 aliphatic carbocycles. The summed E-state index contributed by atoms with van der Waals surface area (Å²) in [5.41, 5.74) is 3.97.